The number of benzene rings is 1. The Hall–Kier alpha value is -2.40. The molecule has 0 aliphatic rings. The van der Waals surface area contributed by atoms with E-state index in [1.165, 1.54) is 0 Å². The van der Waals surface area contributed by atoms with Crippen LogP contribution in [0, 0.1) is 0 Å². The van der Waals surface area contributed by atoms with E-state index in [0.29, 0.717) is 0 Å². The molecular weight excluding hydrogens is 316 g/mol. The summed E-state index contributed by atoms with van der Waals surface area (Å²) >= 11 is 0. The van der Waals surface area contributed by atoms with Crippen LogP contribution in [0.1, 0.15) is 10.4 Å². The first-order chi connectivity index (χ1) is 10.7. The molecular formula is C13H16O10. The molecule has 10 nitrogen and oxygen atoms in total. The van der Waals surface area contributed by atoms with Crippen molar-refractivity contribution in [3.05, 3.63) is 17.7 Å². The highest BCUT2D eigenvalue weighted by molar-refractivity contribution is 5.91. The van der Waals surface area contributed by atoms with Crippen LogP contribution >= 0.6 is 0 Å². The molecule has 0 bridgehead atoms. The minimum atomic E-state index is -1.98. The lowest BCUT2D eigenvalue weighted by molar-refractivity contribution is -0.136. The summed E-state index contributed by atoms with van der Waals surface area (Å²) < 4.78 is 4.59. The summed E-state index contributed by atoms with van der Waals surface area (Å²) in [5.41, 5.74) is -0.354. The minimum absolute atomic E-state index is 0.0470. The van der Waals surface area contributed by atoms with Gasteiger partial charge in [0.05, 0.1) is 5.56 Å². The standard InChI is InChI=1S/C13H16O10/c14-3-8(17)11(20)12(21)9(18)4-23-13(22)5-1-6(15)10(19)7(16)2-5/h1-3,8-9,11-12,15-21H,4H2/t8-,9+,11+,12+/m0/s1. The normalized spacial score (nSPS) is 16.2. The third-order valence-corrected chi connectivity index (χ3v) is 2.92. The lowest BCUT2D eigenvalue weighted by atomic mass is 10.0. The molecule has 0 saturated heterocycles. The van der Waals surface area contributed by atoms with Crippen LogP contribution in [-0.2, 0) is 9.53 Å². The van der Waals surface area contributed by atoms with Crippen molar-refractivity contribution in [3.8, 4) is 17.2 Å². The molecule has 1 rings (SSSR count). The number of aliphatic hydroxyl groups is 4. The Labute approximate surface area is 129 Å². The third-order valence-electron chi connectivity index (χ3n) is 2.92. The predicted molar refractivity (Wildman–Crippen MR) is 71.8 cm³/mol. The van der Waals surface area contributed by atoms with Gasteiger partial charge in [0, 0.05) is 0 Å². The molecule has 0 heterocycles. The van der Waals surface area contributed by atoms with E-state index in [0.717, 1.165) is 12.1 Å². The molecule has 10 heteroatoms. The molecule has 1 aromatic carbocycles. The fourth-order valence-electron chi connectivity index (χ4n) is 1.58. The second kappa shape index (κ2) is 7.74. The highest BCUT2D eigenvalue weighted by Gasteiger charge is 2.31. The van der Waals surface area contributed by atoms with Crippen LogP contribution < -0.4 is 0 Å². The summed E-state index contributed by atoms with van der Waals surface area (Å²) in [5, 5.41) is 65.0. The molecule has 4 atom stereocenters. The predicted octanol–water partition coefficient (Wildman–Crippen LogP) is -2.40. The van der Waals surface area contributed by atoms with E-state index >= 15 is 0 Å². The third kappa shape index (κ3) is 4.53. The van der Waals surface area contributed by atoms with E-state index in [9.17, 15) is 35.1 Å². The fourth-order valence-corrected chi connectivity index (χ4v) is 1.58. The Morgan fingerprint density at radius 3 is 2.04 bits per heavy atom. The number of phenolic OH excluding ortho intramolecular Hbond substituents is 3. The SMILES string of the molecule is O=C[C@H](O)[C@@H](O)[C@H](O)[C@H](O)COC(=O)c1cc(O)c(O)c(O)c1. The smallest absolute Gasteiger partial charge is 0.338 e. The van der Waals surface area contributed by atoms with Gasteiger partial charge in [-0.25, -0.2) is 4.79 Å². The van der Waals surface area contributed by atoms with E-state index in [4.69, 9.17) is 10.2 Å². The molecule has 0 aliphatic carbocycles. The first kappa shape index (κ1) is 18.6. The maximum absolute atomic E-state index is 11.7. The molecule has 0 aliphatic heterocycles. The second-order valence-corrected chi connectivity index (χ2v) is 4.64. The molecule has 23 heavy (non-hydrogen) atoms. The van der Waals surface area contributed by atoms with Gasteiger partial charge in [-0.05, 0) is 12.1 Å². The zero-order chi connectivity index (χ0) is 17.7. The summed E-state index contributed by atoms with van der Waals surface area (Å²) in [5.74, 6) is -3.50. The zero-order valence-electron chi connectivity index (χ0n) is 11.6. The van der Waals surface area contributed by atoms with Crippen LogP contribution in [0.4, 0.5) is 0 Å². The minimum Gasteiger partial charge on any atom is -0.504 e. The van der Waals surface area contributed by atoms with Crippen LogP contribution in [0.5, 0.6) is 17.2 Å². The van der Waals surface area contributed by atoms with E-state index in [2.05, 4.69) is 4.74 Å². The fraction of sp³-hybridized carbons (Fsp3) is 0.385. The van der Waals surface area contributed by atoms with Crippen molar-refractivity contribution in [1.29, 1.82) is 0 Å². The van der Waals surface area contributed by atoms with Crippen molar-refractivity contribution in [2.45, 2.75) is 24.4 Å². The summed E-state index contributed by atoms with van der Waals surface area (Å²) in [6.45, 7) is -0.814. The molecule has 0 unspecified atom stereocenters. The molecule has 1 aromatic rings. The Bertz CT molecular complexity index is 549. The van der Waals surface area contributed by atoms with Gasteiger partial charge in [0.1, 0.15) is 31.0 Å². The van der Waals surface area contributed by atoms with E-state index in [1.54, 1.807) is 0 Å². The summed E-state index contributed by atoms with van der Waals surface area (Å²) in [4.78, 5) is 21.9. The Morgan fingerprint density at radius 2 is 1.57 bits per heavy atom. The number of esters is 1. The maximum atomic E-state index is 11.7. The van der Waals surface area contributed by atoms with Crippen LogP contribution in [0.15, 0.2) is 12.1 Å². The van der Waals surface area contributed by atoms with Crippen molar-refractivity contribution >= 4 is 12.3 Å². The summed E-state index contributed by atoms with van der Waals surface area (Å²) in [6.07, 6.45) is -7.74. The zero-order valence-corrected chi connectivity index (χ0v) is 11.6. The van der Waals surface area contributed by atoms with Crippen molar-refractivity contribution in [3.63, 3.8) is 0 Å². The van der Waals surface area contributed by atoms with Crippen LogP contribution in [-0.4, -0.2) is 79.0 Å². The molecule has 0 saturated carbocycles. The topological polar surface area (TPSA) is 185 Å². The molecule has 128 valence electrons. The number of aromatic hydroxyl groups is 3. The molecule has 7 N–H and O–H groups in total. The van der Waals surface area contributed by atoms with Gasteiger partial charge >= 0.3 is 5.97 Å². The van der Waals surface area contributed by atoms with Crippen molar-refractivity contribution in [2.24, 2.45) is 0 Å². The number of hydrogen-bond donors (Lipinski definition) is 7. The summed E-state index contributed by atoms with van der Waals surface area (Å²) in [7, 11) is 0. The molecule has 0 radical (unpaired) electrons. The number of phenols is 3. The maximum Gasteiger partial charge on any atom is 0.338 e. The van der Waals surface area contributed by atoms with Crippen molar-refractivity contribution in [1.82, 2.24) is 0 Å². The number of aldehydes is 1. The Morgan fingerprint density at radius 1 is 1.04 bits per heavy atom. The number of hydrogen-bond acceptors (Lipinski definition) is 10. The average Bonchev–Trinajstić information content (AvgIpc) is 2.54. The quantitative estimate of drug-likeness (QED) is 0.161. The monoisotopic (exact) mass is 332 g/mol. The number of rotatable bonds is 7. The largest absolute Gasteiger partial charge is 0.504 e. The average molecular weight is 332 g/mol. The van der Waals surface area contributed by atoms with Gasteiger partial charge in [0.2, 0.25) is 0 Å². The molecule has 0 amide bonds. The van der Waals surface area contributed by atoms with E-state index in [1.807, 2.05) is 0 Å². The number of aliphatic hydroxyl groups excluding tert-OH is 4. The van der Waals surface area contributed by atoms with Crippen molar-refractivity contribution in [2.75, 3.05) is 6.61 Å². The van der Waals surface area contributed by atoms with E-state index in [-0.39, 0.29) is 11.8 Å². The van der Waals surface area contributed by atoms with Crippen molar-refractivity contribution < 1.29 is 50.1 Å². The number of carbonyl (C=O) groups is 2. The number of carbonyl (C=O) groups excluding carboxylic acids is 2. The van der Waals surface area contributed by atoms with E-state index < -0.39 is 54.2 Å². The van der Waals surface area contributed by atoms with Gasteiger partial charge in [-0.15, -0.1) is 0 Å². The lowest BCUT2D eigenvalue weighted by Gasteiger charge is -2.23. The molecule has 0 aromatic heterocycles. The van der Waals surface area contributed by atoms with Gasteiger partial charge in [-0.3, -0.25) is 0 Å². The first-order valence-electron chi connectivity index (χ1n) is 6.28. The first-order valence-corrected chi connectivity index (χ1v) is 6.28. The van der Waals surface area contributed by atoms with Crippen LogP contribution in [0.2, 0.25) is 0 Å². The van der Waals surface area contributed by atoms with Gasteiger partial charge in [-0.1, -0.05) is 0 Å². The molecule has 0 spiro atoms. The lowest BCUT2D eigenvalue weighted by Crippen LogP contribution is -2.46. The van der Waals surface area contributed by atoms with Crippen LogP contribution in [0.25, 0.3) is 0 Å². The van der Waals surface area contributed by atoms with Gasteiger partial charge in [0.25, 0.3) is 0 Å². The van der Waals surface area contributed by atoms with Gasteiger partial charge in [0.15, 0.2) is 23.5 Å². The van der Waals surface area contributed by atoms with Gasteiger partial charge in [-0.2, -0.15) is 0 Å². The molecule has 0 fully saturated rings. The highest BCUT2D eigenvalue weighted by Crippen LogP contribution is 2.35. The number of ether oxygens (including phenoxy) is 1. The Kier molecular flexibility index (Phi) is 6.28. The highest BCUT2D eigenvalue weighted by atomic mass is 16.5. The van der Waals surface area contributed by atoms with Crippen LogP contribution in [0.3, 0.4) is 0 Å². The van der Waals surface area contributed by atoms with Gasteiger partial charge < -0.3 is 45.3 Å². The Balaban J connectivity index is 2.67. The second-order valence-electron chi connectivity index (χ2n) is 4.64. The summed E-state index contributed by atoms with van der Waals surface area (Å²) in [6, 6.07) is 1.59.